The molecule has 2 aromatic heterocycles. The second kappa shape index (κ2) is 6.05. The van der Waals surface area contributed by atoms with Crippen molar-refractivity contribution in [1.29, 1.82) is 0 Å². The van der Waals surface area contributed by atoms with Crippen LogP contribution in [0.1, 0.15) is 20.1 Å². The molecule has 0 aliphatic carbocycles. The largest absolute Gasteiger partial charge is 0.397 e. The van der Waals surface area contributed by atoms with Crippen LogP contribution in [0.3, 0.4) is 0 Å². The van der Waals surface area contributed by atoms with Gasteiger partial charge in [0.2, 0.25) is 0 Å². The maximum atomic E-state index is 11.4. The number of amides is 1. The van der Waals surface area contributed by atoms with Crippen molar-refractivity contribution in [2.75, 3.05) is 5.73 Å². The first-order valence-electron chi connectivity index (χ1n) is 5.54. The number of carbonyl (C=O) groups excluding carboxylic acids is 1. The predicted octanol–water partition coefficient (Wildman–Crippen LogP) is 1.93. The molecule has 100 valence electrons. The van der Waals surface area contributed by atoms with E-state index >= 15 is 0 Å². The second-order valence-electron chi connectivity index (χ2n) is 3.87. The monoisotopic (exact) mass is 294 g/mol. The Morgan fingerprint density at radius 3 is 3.05 bits per heavy atom. The predicted molar refractivity (Wildman–Crippen MR) is 78.9 cm³/mol. The Labute approximate surface area is 119 Å². The van der Waals surface area contributed by atoms with Gasteiger partial charge in [-0.15, -0.1) is 23.1 Å². The van der Waals surface area contributed by atoms with Crippen molar-refractivity contribution in [3.05, 3.63) is 39.8 Å². The fraction of sp³-hybridized carbons (Fsp3) is 0.167. The molecule has 2 rings (SSSR count). The number of thioether (sulfide) groups is 1. The van der Waals surface area contributed by atoms with Crippen LogP contribution in [0, 0.1) is 6.92 Å². The highest BCUT2D eigenvalue weighted by molar-refractivity contribution is 7.98. The molecular formula is C12H14N4OS2. The van der Waals surface area contributed by atoms with Gasteiger partial charge in [0.05, 0.1) is 16.8 Å². The van der Waals surface area contributed by atoms with E-state index in [1.54, 1.807) is 24.2 Å². The number of nitrogens with zero attached hydrogens (tertiary/aromatic N) is 1. The fourth-order valence-corrected chi connectivity index (χ4v) is 3.55. The number of pyridine rings is 1. The van der Waals surface area contributed by atoms with E-state index in [-0.39, 0.29) is 5.91 Å². The van der Waals surface area contributed by atoms with Crippen LogP contribution in [-0.2, 0) is 5.75 Å². The van der Waals surface area contributed by atoms with Crippen LogP contribution < -0.4 is 17.0 Å². The molecule has 0 spiro atoms. The minimum Gasteiger partial charge on any atom is -0.397 e. The van der Waals surface area contributed by atoms with Crippen molar-refractivity contribution in [3.8, 4) is 0 Å². The molecule has 5 N–H and O–H groups in total. The molecule has 0 unspecified atom stereocenters. The Morgan fingerprint density at radius 1 is 1.58 bits per heavy atom. The number of hydrogen-bond donors (Lipinski definition) is 3. The van der Waals surface area contributed by atoms with Gasteiger partial charge in [-0.25, -0.2) is 5.84 Å². The molecule has 0 saturated carbocycles. The van der Waals surface area contributed by atoms with Crippen molar-refractivity contribution >= 4 is 34.7 Å². The highest BCUT2D eigenvalue weighted by Gasteiger charge is 2.11. The molecule has 0 fully saturated rings. The fourth-order valence-electron chi connectivity index (χ4n) is 1.53. The van der Waals surface area contributed by atoms with Crippen LogP contribution in [0.15, 0.2) is 29.4 Å². The van der Waals surface area contributed by atoms with E-state index in [0.717, 1.165) is 21.1 Å². The summed E-state index contributed by atoms with van der Waals surface area (Å²) in [5, 5.41) is 0. The van der Waals surface area contributed by atoms with Crippen LogP contribution in [-0.4, -0.2) is 10.9 Å². The number of anilines is 1. The number of nitrogens with two attached hydrogens (primary N) is 2. The Bertz CT molecular complexity index is 597. The lowest BCUT2D eigenvalue weighted by Crippen LogP contribution is -2.29. The second-order valence-corrected chi connectivity index (χ2v) is 6.14. The van der Waals surface area contributed by atoms with Gasteiger partial charge >= 0.3 is 0 Å². The Kier molecular flexibility index (Phi) is 4.41. The number of carbonyl (C=O) groups is 1. The van der Waals surface area contributed by atoms with Gasteiger partial charge in [0.15, 0.2) is 0 Å². The summed E-state index contributed by atoms with van der Waals surface area (Å²) in [6.45, 7) is 1.99. The summed E-state index contributed by atoms with van der Waals surface area (Å²) in [7, 11) is 0. The van der Waals surface area contributed by atoms with Crippen molar-refractivity contribution in [2.24, 2.45) is 5.84 Å². The van der Waals surface area contributed by atoms with Gasteiger partial charge in [0, 0.05) is 21.7 Å². The highest BCUT2D eigenvalue weighted by Crippen LogP contribution is 2.31. The normalized spacial score (nSPS) is 10.4. The Morgan fingerprint density at radius 2 is 2.37 bits per heavy atom. The average molecular weight is 294 g/mol. The van der Waals surface area contributed by atoms with Gasteiger partial charge in [0.25, 0.3) is 5.91 Å². The van der Waals surface area contributed by atoms with Crippen LogP contribution >= 0.6 is 23.1 Å². The van der Waals surface area contributed by atoms with Gasteiger partial charge in [-0.2, -0.15) is 0 Å². The third-order valence-corrected chi connectivity index (χ3v) is 4.80. The molecule has 0 atom stereocenters. The van der Waals surface area contributed by atoms with Crippen molar-refractivity contribution in [2.45, 2.75) is 17.6 Å². The minimum atomic E-state index is -0.257. The van der Waals surface area contributed by atoms with Gasteiger partial charge in [-0.3, -0.25) is 15.2 Å². The molecule has 0 aromatic carbocycles. The number of aryl methyl sites for hydroxylation is 1. The first kappa shape index (κ1) is 13.9. The number of thiophene rings is 1. The van der Waals surface area contributed by atoms with E-state index < -0.39 is 0 Å². The lowest BCUT2D eigenvalue weighted by Gasteiger charge is -2.03. The van der Waals surface area contributed by atoms with Crippen LogP contribution in [0.5, 0.6) is 0 Å². The SMILES string of the molecule is Cc1sc(C(=O)NN)cc1CSc1ccncc1N. The Balaban J connectivity index is 2.10. The third kappa shape index (κ3) is 3.25. The van der Waals surface area contributed by atoms with Crippen LogP contribution in [0.2, 0.25) is 0 Å². The first-order chi connectivity index (χ1) is 9.11. The first-order valence-corrected chi connectivity index (χ1v) is 7.34. The molecule has 0 bridgehead atoms. The smallest absolute Gasteiger partial charge is 0.275 e. The zero-order valence-corrected chi connectivity index (χ0v) is 12.0. The number of hydrogen-bond acceptors (Lipinski definition) is 6. The number of aromatic nitrogens is 1. The molecular weight excluding hydrogens is 280 g/mol. The van der Waals surface area contributed by atoms with E-state index in [4.69, 9.17) is 11.6 Å². The summed E-state index contributed by atoms with van der Waals surface area (Å²) in [5.74, 6) is 5.63. The molecule has 2 aromatic rings. The molecule has 0 saturated heterocycles. The van der Waals surface area contributed by atoms with Gasteiger partial charge in [-0.05, 0) is 24.6 Å². The molecule has 0 aliphatic rings. The molecule has 0 radical (unpaired) electrons. The number of rotatable bonds is 4. The summed E-state index contributed by atoms with van der Waals surface area (Å²) >= 11 is 3.06. The van der Waals surface area contributed by atoms with E-state index in [9.17, 15) is 4.79 Å². The summed E-state index contributed by atoms with van der Waals surface area (Å²) in [6, 6.07) is 3.75. The molecule has 1 amide bonds. The quantitative estimate of drug-likeness (QED) is 0.347. The molecule has 19 heavy (non-hydrogen) atoms. The van der Waals surface area contributed by atoms with Crippen molar-refractivity contribution in [1.82, 2.24) is 10.4 Å². The summed E-state index contributed by atoms with van der Waals surface area (Å²) < 4.78 is 0. The van der Waals surface area contributed by atoms with Crippen molar-refractivity contribution < 1.29 is 4.79 Å². The van der Waals surface area contributed by atoms with Gasteiger partial charge in [0.1, 0.15) is 0 Å². The maximum Gasteiger partial charge on any atom is 0.275 e. The standard InChI is InChI=1S/C12H14N4OS2/c1-7-8(4-11(19-7)12(17)16-14)6-18-10-2-3-15-5-9(10)13/h2-5H,6,13-14H2,1H3,(H,16,17). The number of nitrogen functional groups attached to an aromatic ring is 2. The Hall–Kier alpha value is -1.57. The minimum absolute atomic E-state index is 0.257. The lowest BCUT2D eigenvalue weighted by molar-refractivity contribution is 0.0957. The average Bonchev–Trinajstić information content (AvgIpc) is 2.78. The lowest BCUT2D eigenvalue weighted by atomic mass is 10.3. The number of nitrogens with one attached hydrogen (secondary N) is 1. The van der Waals surface area contributed by atoms with Crippen molar-refractivity contribution in [3.63, 3.8) is 0 Å². The van der Waals surface area contributed by atoms with E-state index in [1.807, 2.05) is 19.1 Å². The topological polar surface area (TPSA) is 94.0 Å². The zero-order valence-electron chi connectivity index (χ0n) is 10.3. The molecule has 5 nitrogen and oxygen atoms in total. The molecule has 7 heteroatoms. The highest BCUT2D eigenvalue weighted by atomic mass is 32.2. The van der Waals surface area contributed by atoms with E-state index in [0.29, 0.717) is 10.6 Å². The maximum absolute atomic E-state index is 11.4. The molecule has 0 aliphatic heterocycles. The van der Waals surface area contributed by atoms with Gasteiger partial charge in [-0.1, -0.05) is 0 Å². The third-order valence-electron chi connectivity index (χ3n) is 2.57. The van der Waals surface area contributed by atoms with Crippen LogP contribution in [0.25, 0.3) is 0 Å². The summed E-state index contributed by atoms with van der Waals surface area (Å²) in [5.41, 5.74) is 9.76. The number of hydrazine groups is 1. The summed E-state index contributed by atoms with van der Waals surface area (Å²) in [6.07, 6.45) is 3.35. The molecule has 2 heterocycles. The van der Waals surface area contributed by atoms with E-state index in [2.05, 4.69) is 10.4 Å². The zero-order chi connectivity index (χ0) is 13.8. The van der Waals surface area contributed by atoms with E-state index in [1.165, 1.54) is 11.3 Å². The van der Waals surface area contributed by atoms with Gasteiger partial charge < -0.3 is 5.73 Å². The summed E-state index contributed by atoms with van der Waals surface area (Å²) in [4.78, 5) is 18.1. The van der Waals surface area contributed by atoms with Crippen LogP contribution in [0.4, 0.5) is 5.69 Å².